The molecule has 3 nitrogen and oxygen atoms in total. The molecule has 0 fully saturated rings. The monoisotopic (exact) mass is 111 g/mol. The number of ether oxygens (including phenoxy) is 1. The van der Waals surface area contributed by atoms with Crippen molar-refractivity contribution >= 4 is 5.69 Å². The number of fused-ring (bicyclic) bond motifs is 1. The Hall–Kier alpha value is -1.12. The first-order valence-electron chi connectivity index (χ1n) is 2.41. The normalized spacial score (nSPS) is 14.5. The first-order chi connectivity index (χ1) is 3.97. The summed E-state index contributed by atoms with van der Waals surface area (Å²) in [7, 11) is 0. The molecule has 42 valence electrons. The van der Waals surface area contributed by atoms with Gasteiger partial charge in [0, 0.05) is 6.07 Å². The zero-order chi connectivity index (χ0) is 5.40. The van der Waals surface area contributed by atoms with Gasteiger partial charge in [0.25, 0.3) is 0 Å². The Bertz CT molecular complexity index is 176. The van der Waals surface area contributed by atoms with E-state index < -0.39 is 0 Å². The van der Waals surface area contributed by atoms with Gasteiger partial charge in [0.15, 0.2) is 6.73 Å². The molecule has 0 bridgehead atoms. The SMILES string of the molecule is c1cc2c(o1)OCN2. The highest BCUT2D eigenvalue weighted by molar-refractivity contribution is 5.53. The number of hydrogen-bond acceptors (Lipinski definition) is 3. The van der Waals surface area contributed by atoms with Crippen LogP contribution in [0.1, 0.15) is 0 Å². The van der Waals surface area contributed by atoms with Gasteiger partial charge in [-0.15, -0.1) is 0 Å². The van der Waals surface area contributed by atoms with Crippen molar-refractivity contribution in [3.63, 3.8) is 0 Å². The van der Waals surface area contributed by atoms with Gasteiger partial charge in [-0.1, -0.05) is 0 Å². The zero-order valence-corrected chi connectivity index (χ0v) is 4.18. The fourth-order valence-corrected chi connectivity index (χ4v) is 0.718. The van der Waals surface area contributed by atoms with Gasteiger partial charge in [0.2, 0.25) is 0 Å². The number of anilines is 1. The maximum absolute atomic E-state index is 4.96. The van der Waals surface area contributed by atoms with Crippen LogP contribution in [-0.4, -0.2) is 6.73 Å². The number of furan rings is 1. The number of nitrogens with one attached hydrogen (secondary N) is 1. The molecule has 3 heteroatoms. The molecule has 0 saturated carbocycles. The van der Waals surface area contributed by atoms with E-state index in [1.165, 1.54) is 0 Å². The number of hydrogen-bond donors (Lipinski definition) is 1. The highest BCUT2D eigenvalue weighted by Gasteiger charge is 2.12. The van der Waals surface area contributed by atoms with Crippen molar-refractivity contribution in [1.29, 1.82) is 0 Å². The third-order valence-corrected chi connectivity index (χ3v) is 1.10. The van der Waals surface area contributed by atoms with Gasteiger partial charge in [-0.25, -0.2) is 0 Å². The summed E-state index contributed by atoms with van der Waals surface area (Å²) in [5.74, 6) is 0.602. The first-order valence-corrected chi connectivity index (χ1v) is 2.41. The minimum Gasteiger partial charge on any atom is -0.442 e. The quantitative estimate of drug-likeness (QED) is 0.543. The van der Waals surface area contributed by atoms with E-state index in [0.717, 1.165) is 5.69 Å². The molecule has 0 unspecified atom stereocenters. The lowest BCUT2D eigenvalue weighted by molar-refractivity contribution is 0.283. The second-order valence-electron chi connectivity index (χ2n) is 1.59. The van der Waals surface area contributed by atoms with Gasteiger partial charge in [0.05, 0.1) is 6.26 Å². The molecule has 1 N–H and O–H groups in total. The molecule has 1 aliphatic rings. The minimum atomic E-state index is 0.537. The molecule has 2 rings (SSSR count). The fraction of sp³-hybridized carbons (Fsp3) is 0.200. The van der Waals surface area contributed by atoms with Crippen LogP contribution in [0.2, 0.25) is 0 Å². The summed E-state index contributed by atoms with van der Waals surface area (Å²) in [6.45, 7) is 0.537. The molecule has 0 amide bonds. The smallest absolute Gasteiger partial charge is 0.310 e. The molecule has 1 aromatic heterocycles. The summed E-state index contributed by atoms with van der Waals surface area (Å²) >= 11 is 0. The van der Waals surface area contributed by atoms with Crippen LogP contribution in [0.25, 0.3) is 0 Å². The van der Waals surface area contributed by atoms with E-state index in [0.29, 0.717) is 12.7 Å². The molecule has 0 atom stereocenters. The third-order valence-electron chi connectivity index (χ3n) is 1.10. The van der Waals surface area contributed by atoms with Crippen molar-refractivity contribution in [2.75, 3.05) is 12.0 Å². The van der Waals surface area contributed by atoms with Gasteiger partial charge >= 0.3 is 5.95 Å². The third kappa shape index (κ3) is 0.332. The Balaban J connectivity index is 2.54. The Morgan fingerprint density at radius 3 is 3.50 bits per heavy atom. The van der Waals surface area contributed by atoms with Gasteiger partial charge in [-0.2, -0.15) is 0 Å². The highest BCUT2D eigenvalue weighted by Crippen LogP contribution is 2.28. The van der Waals surface area contributed by atoms with Crippen LogP contribution in [0.15, 0.2) is 16.7 Å². The first kappa shape index (κ1) is 3.83. The van der Waals surface area contributed by atoms with Crippen molar-refractivity contribution in [1.82, 2.24) is 0 Å². The standard InChI is InChI=1S/C5H5NO2/c1-2-7-5-4(1)6-3-8-5/h1-2,6H,3H2. The summed E-state index contributed by atoms with van der Waals surface area (Å²) in [5.41, 5.74) is 0.949. The molecule has 0 radical (unpaired) electrons. The lowest BCUT2D eigenvalue weighted by Gasteiger charge is -1.85. The second-order valence-corrected chi connectivity index (χ2v) is 1.59. The lowest BCUT2D eigenvalue weighted by Crippen LogP contribution is -1.96. The van der Waals surface area contributed by atoms with Gasteiger partial charge in [-0.3, -0.25) is 0 Å². The summed E-state index contributed by atoms with van der Waals surface area (Å²) in [4.78, 5) is 0. The second kappa shape index (κ2) is 1.18. The van der Waals surface area contributed by atoms with E-state index in [4.69, 9.17) is 9.15 Å². The van der Waals surface area contributed by atoms with Crippen LogP contribution in [-0.2, 0) is 0 Å². The van der Waals surface area contributed by atoms with Crippen LogP contribution in [0.5, 0.6) is 5.95 Å². The van der Waals surface area contributed by atoms with E-state index in [1.54, 1.807) is 6.26 Å². The van der Waals surface area contributed by atoms with Crippen LogP contribution in [0.3, 0.4) is 0 Å². The molecule has 8 heavy (non-hydrogen) atoms. The molecule has 0 saturated heterocycles. The van der Waals surface area contributed by atoms with Crippen LogP contribution < -0.4 is 10.1 Å². The van der Waals surface area contributed by atoms with E-state index >= 15 is 0 Å². The minimum absolute atomic E-state index is 0.537. The molecule has 1 aliphatic heterocycles. The Morgan fingerprint density at radius 1 is 1.62 bits per heavy atom. The summed E-state index contributed by atoms with van der Waals surface area (Å²) in [5, 5.41) is 2.96. The van der Waals surface area contributed by atoms with Crippen LogP contribution in [0, 0.1) is 0 Å². The van der Waals surface area contributed by atoms with Crippen molar-refractivity contribution in [2.45, 2.75) is 0 Å². The molecular weight excluding hydrogens is 106 g/mol. The molecular formula is C5H5NO2. The fourth-order valence-electron chi connectivity index (χ4n) is 0.718. The molecule has 0 aromatic carbocycles. The van der Waals surface area contributed by atoms with E-state index in [9.17, 15) is 0 Å². The van der Waals surface area contributed by atoms with Crippen molar-refractivity contribution in [3.05, 3.63) is 12.3 Å². The largest absolute Gasteiger partial charge is 0.442 e. The van der Waals surface area contributed by atoms with E-state index in [2.05, 4.69) is 5.32 Å². The summed E-state index contributed by atoms with van der Waals surface area (Å²) in [6, 6.07) is 1.84. The maximum Gasteiger partial charge on any atom is 0.310 e. The Labute approximate surface area is 46.2 Å². The van der Waals surface area contributed by atoms with Crippen molar-refractivity contribution in [3.8, 4) is 5.95 Å². The van der Waals surface area contributed by atoms with Crippen LogP contribution >= 0.6 is 0 Å². The van der Waals surface area contributed by atoms with E-state index in [1.807, 2.05) is 6.07 Å². The Kier molecular flexibility index (Phi) is 0.566. The zero-order valence-electron chi connectivity index (χ0n) is 4.18. The highest BCUT2D eigenvalue weighted by atomic mass is 16.6. The topological polar surface area (TPSA) is 34.4 Å². The summed E-state index contributed by atoms with van der Waals surface area (Å²) in [6.07, 6.45) is 1.59. The molecule has 2 heterocycles. The maximum atomic E-state index is 4.96. The predicted molar refractivity (Wildman–Crippen MR) is 27.8 cm³/mol. The average Bonchev–Trinajstić information content (AvgIpc) is 2.15. The predicted octanol–water partition coefficient (Wildman–Crippen LogP) is 1.04. The van der Waals surface area contributed by atoms with Gasteiger partial charge in [0.1, 0.15) is 5.69 Å². The number of rotatable bonds is 0. The molecule has 1 aromatic rings. The van der Waals surface area contributed by atoms with E-state index in [-0.39, 0.29) is 0 Å². The average molecular weight is 111 g/mol. The van der Waals surface area contributed by atoms with Gasteiger partial charge in [-0.05, 0) is 0 Å². The van der Waals surface area contributed by atoms with Crippen molar-refractivity contribution < 1.29 is 9.15 Å². The van der Waals surface area contributed by atoms with Gasteiger partial charge < -0.3 is 14.5 Å². The summed E-state index contributed by atoms with van der Waals surface area (Å²) < 4.78 is 9.85. The molecule has 0 aliphatic carbocycles. The Morgan fingerprint density at radius 2 is 2.62 bits per heavy atom. The van der Waals surface area contributed by atoms with Crippen LogP contribution in [0.4, 0.5) is 5.69 Å². The van der Waals surface area contributed by atoms with Crippen molar-refractivity contribution in [2.24, 2.45) is 0 Å². The lowest BCUT2D eigenvalue weighted by atomic mass is 10.5. The molecule has 0 spiro atoms.